The lowest BCUT2D eigenvalue weighted by Gasteiger charge is -2.17. The van der Waals surface area contributed by atoms with E-state index in [2.05, 4.69) is 5.09 Å². The number of hydrogen-bond donors (Lipinski definition) is 1. The Morgan fingerprint density at radius 3 is 2.43 bits per heavy atom. The molecule has 0 saturated carbocycles. The van der Waals surface area contributed by atoms with Gasteiger partial charge in [0.15, 0.2) is 0 Å². The maximum atomic E-state index is 12.0. The summed E-state index contributed by atoms with van der Waals surface area (Å²) in [5, 5.41) is 2.94. The molecule has 1 N–H and O–H groups in total. The minimum Gasteiger partial charge on any atom is -0.315 e. The second-order valence-electron chi connectivity index (χ2n) is 2.89. The van der Waals surface area contributed by atoms with Crippen molar-refractivity contribution in [3.05, 3.63) is 30.3 Å². The molecule has 3 nitrogen and oxygen atoms in total. The van der Waals surface area contributed by atoms with Crippen molar-refractivity contribution in [3.63, 3.8) is 0 Å². The molecule has 78 valence electrons. The highest BCUT2D eigenvalue weighted by atomic mass is 31.2. The number of anilines is 1. The van der Waals surface area contributed by atoms with E-state index < -0.39 is 7.52 Å². The Balaban J connectivity index is 2.71. The summed E-state index contributed by atoms with van der Waals surface area (Å²) in [6, 6.07) is 9.47. The predicted molar refractivity (Wildman–Crippen MR) is 59.8 cm³/mol. The number of para-hydroxylation sites is 1. The molecule has 1 atom stereocenters. The summed E-state index contributed by atoms with van der Waals surface area (Å²) in [5.74, 6) is 0. The maximum absolute atomic E-state index is 12.0. The van der Waals surface area contributed by atoms with Crippen molar-refractivity contribution in [2.75, 3.05) is 17.9 Å². The zero-order chi connectivity index (χ0) is 10.4. The molecule has 0 aliphatic rings. The van der Waals surface area contributed by atoms with Crippen LogP contribution in [0.1, 0.15) is 13.8 Å². The summed E-state index contributed by atoms with van der Waals surface area (Å²) in [6.45, 7) is 4.16. The normalized spacial score (nSPS) is 14.7. The molecule has 0 radical (unpaired) electrons. The van der Waals surface area contributed by atoms with Crippen molar-refractivity contribution >= 4 is 13.2 Å². The van der Waals surface area contributed by atoms with Crippen molar-refractivity contribution in [2.24, 2.45) is 0 Å². The predicted octanol–water partition coefficient (Wildman–Crippen LogP) is 3.35. The zero-order valence-electron chi connectivity index (χ0n) is 8.56. The van der Waals surface area contributed by atoms with Crippen LogP contribution in [0.4, 0.5) is 5.69 Å². The van der Waals surface area contributed by atoms with Crippen LogP contribution in [-0.4, -0.2) is 12.8 Å². The minimum atomic E-state index is -2.67. The fourth-order valence-electron chi connectivity index (χ4n) is 1.12. The van der Waals surface area contributed by atoms with Gasteiger partial charge in [-0.15, -0.1) is 0 Å². The SMILES string of the molecule is CCO[P@](=O)(CC)Nc1ccccc1. The van der Waals surface area contributed by atoms with Gasteiger partial charge in [0.05, 0.1) is 6.61 Å². The standard InChI is InChI=1S/C10H16NO2P/c1-3-13-14(12,4-2)11-10-8-6-5-7-9-10/h5-9H,3-4H2,1-2H3,(H,11,12)/t14-/m1/s1. The van der Waals surface area contributed by atoms with Gasteiger partial charge in [-0.1, -0.05) is 25.1 Å². The second-order valence-corrected chi connectivity index (χ2v) is 5.35. The number of nitrogens with one attached hydrogen (secondary N) is 1. The van der Waals surface area contributed by atoms with Gasteiger partial charge in [-0.3, -0.25) is 4.57 Å². The van der Waals surface area contributed by atoms with Crippen LogP contribution in [0.3, 0.4) is 0 Å². The number of benzene rings is 1. The topological polar surface area (TPSA) is 38.3 Å². The van der Waals surface area contributed by atoms with Crippen molar-refractivity contribution in [1.29, 1.82) is 0 Å². The first-order chi connectivity index (χ1) is 6.70. The molecule has 0 unspecified atom stereocenters. The molecule has 1 rings (SSSR count). The molecule has 0 aromatic heterocycles. The molecular weight excluding hydrogens is 197 g/mol. The van der Waals surface area contributed by atoms with Gasteiger partial charge in [0.25, 0.3) is 7.52 Å². The second kappa shape index (κ2) is 5.18. The Kier molecular flexibility index (Phi) is 4.18. The van der Waals surface area contributed by atoms with E-state index in [1.165, 1.54) is 0 Å². The summed E-state index contributed by atoms with van der Waals surface area (Å²) < 4.78 is 17.2. The number of rotatable bonds is 5. The lowest BCUT2D eigenvalue weighted by Crippen LogP contribution is -2.03. The van der Waals surface area contributed by atoms with E-state index in [0.717, 1.165) is 5.69 Å². The maximum Gasteiger partial charge on any atom is 0.293 e. The molecule has 0 fully saturated rings. The van der Waals surface area contributed by atoms with Crippen molar-refractivity contribution in [3.8, 4) is 0 Å². The smallest absolute Gasteiger partial charge is 0.293 e. The molecular formula is C10H16NO2P. The number of hydrogen-bond acceptors (Lipinski definition) is 2. The van der Waals surface area contributed by atoms with E-state index in [9.17, 15) is 4.57 Å². The van der Waals surface area contributed by atoms with Crippen LogP contribution in [-0.2, 0) is 9.09 Å². The van der Waals surface area contributed by atoms with Crippen LogP contribution in [0, 0.1) is 0 Å². The Morgan fingerprint density at radius 2 is 1.93 bits per heavy atom. The third-order valence-corrected chi connectivity index (χ3v) is 3.93. The van der Waals surface area contributed by atoms with Gasteiger partial charge in [0.2, 0.25) is 0 Å². The monoisotopic (exact) mass is 213 g/mol. The van der Waals surface area contributed by atoms with Crippen molar-refractivity contribution < 1.29 is 9.09 Å². The molecule has 0 aliphatic carbocycles. The van der Waals surface area contributed by atoms with Gasteiger partial charge < -0.3 is 9.61 Å². The van der Waals surface area contributed by atoms with Gasteiger partial charge in [0.1, 0.15) is 0 Å². The van der Waals surface area contributed by atoms with E-state index in [1.54, 1.807) is 0 Å². The van der Waals surface area contributed by atoms with Gasteiger partial charge in [-0.2, -0.15) is 0 Å². The van der Waals surface area contributed by atoms with Crippen LogP contribution >= 0.6 is 7.52 Å². The summed E-state index contributed by atoms with van der Waals surface area (Å²) in [6.07, 6.45) is 0.496. The van der Waals surface area contributed by atoms with Crippen LogP contribution in [0.15, 0.2) is 30.3 Å². The largest absolute Gasteiger partial charge is 0.315 e. The highest BCUT2D eigenvalue weighted by molar-refractivity contribution is 7.60. The fourth-order valence-corrected chi connectivity index (χ4v) is 2.49. The molecule has 1 aromatic carbocycles. The van der Waals surface area contributed by atoms with Crippen LogP contribution in [0.5, 0.6) is 0 Å². The van der Waals surface area contributed by atoms with Crippen LogP contribution < -0.4 is 5.09 Å². The van der Waals surface area contributed by atoms with Gasteiger partial charge in [-0.05, 0) is 19.1 Å². The first-order valence-corrected chi connectivity index (χ1v) is 6.58. The first-order valence-electron chi connectivity index (χ1n) is 4.77. The molecule has 1 aromatic rings. The van der Waals surface area contributed by atoms with Gasteiger partial charge in [-0.25, -0.2) is 0 Å². The van der Waals surface area contributed by atoms with E-state index in [4.69, 9.17) is 4.52 Å². The van der Waals surface area contributed by atoms with Crippen molar-refractivity contribution in [2.45, 2.75) is 13.8 Å². The molecule has 0 bridgehead atoms. The minimum absolute atomic E-state index is 0.463. The van der Waals surface area contributed by atoms with E-state index in [-0.39, 0.29) is 0 Å². The lowest BCUT2D eigenvalue weighted by atomic mass is 10.3. The molecule has 0 heterocycles. The van der Waals surface area contributed by atoms with Gasteiger partial charge >= 0.3 is 0 Å². The molecule has 14 heavy (non-hydrogen) atoms. The summed E-state index contributed by atoms with van der Waals surface area (Å²) in [5.41, 5.74) is 0.839. The van der Waals surface area contributed by atoms with Gasteiger partial charge in [0, 0.05) is 11.8 Å². The van der Waals surface area contributed by atoms with E-state index in [0.29, 0.717) is 12.8 Å². The third-order valence-electron chi connectivity index (χ3n) is 1.83. The zero-order valence-corrected chi connectivity index (χ0v) is 9.46. The Bertz CT molecular complexity index is 313. The van der Waals surface area contributed by atoms with E-state index >= 15 is 0 Å². The highest BCUT2D eigenvalue weighted by Crippen LogP contribution is 2.45. The Labute approximate surface area is 85.0 Å². The van der Waals surface area contributed by atoms with Crippen molar-refractivity contribution in [1.82, 2.24) is 0 Å². The summed E-state index contributed by atoms with van der Waals surface area (Å²) in [7, 11) is -2.67. The lowest BCUT2D eigenvalue weighted by molar-refractivity contribution is 0.338. The Morgan fingerprint density at radius 1 is 1.29 bits per heavy atom. The average molecular weight is 213 g/mol. The molecule has 0 saturated heterocycles. The summed E-state index contributed by atoms with van der Waals surface area (Å²) >= 11 is 0. The molecule has 4 heteroatoms. The third kappa shape index (κ3) is 3.17. The molecule has 0 aliphatic heterocycles. The highest BCUT2D eigenvalue weighted by Gasteiger charge is 2.18. The average Bonchev–Trinajstić information content (AvgIpc) is 2.20. The quantitative estimate of drug-likeness (QED) is 0.762. The summed E-state index contributed by atoms with van der Waals surface area (Å²) in [4.78, 5) is 0. The Hall–Kier alpha value is -0.790. The van der Waals surface area contributed by atoms with E-state index in [1.807, 2.05) is 44.2 Å². The fraction of sp³-hybridized carbons (Fsp3) is 0.400. The molecule has 0 amide bonds. The first kappa shape index (κ1) is 11.3. The van der Waals surface area contributed by atoms with Crippen LogP contribution in [0.25, 0.3) is 0 Å². The van der Waals surface area contributed by atoms with Crippen LogP contribution in [0.2, 0.25) is 0 Å². The molecule has 0 spiro atoms.